The van der Waals surface area contributed by atoms with Crippen LogP contribution in [0.25, 0.3) is 5.69 Å². The van der Waals surface area contributed by atoms with E-state index in [0.29, 0.717) is 24.7 Å². The Hall–Kier alpha value is -3.39. The second-order valence-electron chi connectivity index (χ2n) is 6.27. The van der Waals surface area contributed by atoms with Crippen molar-refractivity contribution in [2.24, 2.45) is 0 Å². The number of hydrogen-bond donors (Lipinski definition) is 1. The van der Waals surface area contributed by atoms with Gasteiger partial charge < -0.3 is 14.8 Å². The van der Waals surface area contributed by atoms with Crippen LogP contribution in [0, 0.1) is 0 Å². The summed E-state index contributed by atoms with van der Waals surface area (Å²) in [7, 11) is 1.27. The highest BCUT2D eigenvalue weighted by molar-refractivity contribution is 6.32. The molecule has 2 aromatic heterocycles. The smallest absolute Gasteiger partial charge is 0.340 e. The van der Waals surface area contributed by atoms with Gasteiger partial charge in [-0.25, -0.2) is 9.78 Å². The second-order valence-corrected chi connectivity index (χ2v) is 6.65. The summed E-state index contributed by atoms with van der Waals surface area (Å²) >= 11 is 6.30. The largest absolute Gasteiger partial charge is 0.477 e. The van der Waals surface area contributed by atoms with Crippen molar-refractivity contribution in [3.63, 3.8) is 0 Å². The average Bonchev–Trinajstić information content (AvgIpc) is 2.78. The fraction of sp³-hybridized carbons (Fsp3) is 0.238. The molecule has 0 atom stereocenters. The molecule has 0 aliphatic rings. The number of nitrogens with one attached hydrogen (secondary N) is 1. The molecule has 9 heteroatoms. The minimum Gasteiger partial charge on any atom is -0.477 e. The highest BCUT2D eigenvalue weighted by Gasteiger charge is 2.17. The molecule has 2 heterocycles. The van der Waals surface area contributed by atoms with Gasteiger partial charge in [-0.05, 0) is 24.6 Å². The summed E-state index contributed by atoms with van der Waals surface area (Å²) in [5.41, 5.74) is 1.11. The summed E-state index contributed by atoms with van der Waals surface area (Å²) in [6, 6.07) is 10.2. The Morgan fingerprint density at radius 1 is 1.23 bits per heavy atom. The number of pyridine rings is 1. The summed E-state index contributed by atoms with van der Waals surface area (Å²) in [6.07, 6.45) is 3.95. The zero-order chi connectivity index (χ0) is 21.5. The van der Waals surface area contributed by atoms with Gasteiger partial charge in [0, 0.05) is 18.3 Å². The van der Waals surface area contributed by atoms with E-state index >= 15 is 0 Å². The molecule has 0 unspecified atom stereocenters. The van der Waals surface area contributed by atoms with Crippen LogP contribution >= 0.6 is 11.6 Å². The van der Waals surface area contributed by atoms with Crippen molar-refractivity contribution in [3.05, 3.63) is 75.3 Å². The third-order valence-corrected chi connectivity index (χ3v) is 4.58. The lowest BCUT2D eigenvalue weighted by Gasteiger charge is -2.13. The summed E-state index contributed by atoms with van der Waals surface area (Å²) in [5.74, 6) is -0.0508. The maximum absolute atomic E-state index is 12.8. The minimum absolute atomic E-state index is 0.0513. The van der Waals surface area contributed by atoms with Gasteiger partial charge in [-0.1, -0.05) is 36.7 Å². The standard InChI is InChI=1S/C21H21ClN4O4/c1-3-11-30-19-14(7-6-10-23-19)12-24-16-13-25-26(20(27)18(16)22)17-9-5-4-8-15(17)21(28)29-2/h4-10,13,24H,3,11-12H2,1-2H3. The van der Waals surface area contributed by atoms with E-state index in [-0.39, 0.29) is 16.3 Å². The number of benzene rings is 1. The first-order valence-corrected chi connectivity index (χ1v) is 9.70. The molecule has 30 heavy (non-hydrogen) atoms. The molecule has 156 valence electrons. The molecule has 0 spiro atoms. The number of nitrogens with zero attached hydrogens (tertiary/aromatic N) is 3. The number of rotatable bonds is 8. The van der Waals surface area contributed by atoms with Gasteiger partial charge in [0.05, 0.1) is 36.9 Å². The highest BCUT2D eigenvalue weighted by atomic mass is 35.5. The van der Waals surface area contributed by atoms with Crippen LogP contribution in [0.5, 0.6) is 5.88 Å². The van der Waals surface area contributed by atoms with Crippen LogP contribution < -0.4 is 15.6 Å². The van der Waals surface area contributed by atoms with E-state index < -0.39 is 11.5 Å². The fourth-order valence-corrected chi connectivity index (χ4v) is 2.94. The van der Waals surface area contributed by atoms with Crippen molar-refractivity contribution in [2.45, 2.75) is 19.9 Å². The quantitative estimate of drug-likeness (QED) is 0.549. The van der Waals surface area contributed by atoms with Crippen LogP contribution in [-0.2, 0) is 11.3 Å². The maximum atomic E-state index is 12.8. The Kier molecular flexibility index (Phi) is 7.03. The topological polar surface area (TPSA) is 95.3 Å². The lowest BCUT2D eigenvalue weighted by atomic mass is 10.2. The Morgan fingerprint density at radius 3 is 2.80 bits per heavy atom. The number of carbonyl (C=O) groups excluding carboxylic acids is 1. The number of halogens is 1. The maximum Gasteiger partial charge on any atom is 0.340 e. The van der Waals surface area contributed by atoms with Crippen LogP contribution in [0.4, 0.5) is 5.69 Å². The molecule has 0 saturated heterocycles. The van der Waals surface area contributed by atoms with Gasteiger partial charge in [-0.2, -0.15) is 9.78 Å². The molecule has 8 nitrogen and oxygen atoms in total. The van der Waals surface area contributed by atoms with Gasteiger partial charge in [0.15, 0.2) is 0 Å². The van der Waals surface area contributed by atoms with E-state index in [1.807, 2.05) is 13.0 Å². The number of anilines is 1. The molecule has 1 aromatic carbocycles. The van der Waals surface area contributed by atoms with E-state index in [1.54, 1.807) is 36.5 Å². The average molecular weight is 429 g/mol. The minimum atomic E-state index is -0.575. The van der Waals surface area contributed by atoms with Gasteiger partial charge in [-0.3, -0.25) is 4.79 Å². The van der Waals surface area contributed by atoms with Crippen molar-refractivity contribution in [1.82, 2.24) is 14.8 Å². The second kappa shape index (κ2) is 9.89. The van der Waals surface area contributed by atoms with Gasteiger partial charge >= 0.3 is 5.97 Å². The van der Waals surface area contributed by atoms with E-state index in [1.165, 1.54) is 13.3 Å². The number of methoxy groups -OCH3 is 1. The Balaban J connectivity index is 1.87. The lowest BCUT2D eigenvalue weighted by molar-refractivity contribution is 0.0600. The molecule has 0 aliphatic carbocycles. The molecule has 0 fully saturated rings. The van der Waals surface area contributed by atoms with Crippen molar-refractivity contribution in [2.75, 3.05) is 19.0 Å². The van der Waals surface area contributed by atoms with Crippen molar-refractivity contribution < 1.29 is 14.3 Å². The third kappa shape index (κ3) is 4.60. The number of carbonyl (C=O) groups is 1. The normalized spacial score (nSPS) is 10.5. The fourth-order valence-electron chi connectivity index (χ4n) is 2.75. The van der Waals surface area contributed by atoms with E-state index in [0.717, 1.165) is 16.7 Å². The van der Waals surface area contributed by atoms with Gasteiger partial charge in [0.1, 0.15) is 5.02 Å². The van der Waals surface area contributed by atoms with E-state index in [2.05, 4.69) is 15.4 Å². The monoisotopic (exact) mass is 428 g/mol. The number of ether oxygens (including phenoxy) is 2. The molecule has 0 bridgehead atoms. The van der Waals surface area contributed by atoms with Gasteiger partial charge in [0.25, 0.3) is 5.56 Å². The van der Waals surface area contributed by atoms with Crippen LogP contribution in [0.1, 0.15) is 29.3 Å². The molecular formula is C21H21ClN4O4. The molecule has 3 rings (SSSR count). The first-order valence-electron chi connectivity index (χ1n) is 9.33. The Labute approximate surface area is 178 Å². The Morgan fingerprint density at radius 2 is 2.03 bits per heavy atom. The SMILES string of the molecule is CCCOc1ncccc1CNc1cnn(-c2ccccc2C(=O)OC)c(=O)c1Cl. The van der Waals surface area contributed by atoms with Crippen molar-refractivity contribution in [3.8, 4) is 11.6 Å². The van der Waals surface area contributed by atoms with Crippen molar-refractivity contribution >= 4 is 23.3 Å². The number of hydrogen-bond acceptors (Lipinski definition) is 7. The summed E-state index contributed by atoms with van der Waals surface area (Å²) < 4.78 is 11.5. The molecule has 1 N–H and O–H groups in total. The first kappa shape index (κ1) is 21.3. The van der Waals surface area contributed by atoms with Crippen molar-refractivity contribution in [1.29, 1.82) is 0 Å². The summed E-state index contributed by atoms with van der Waals surface area (Å²) in [5, 5.41) is 7.22. The van der Waals surface area contributed by atoms with E-state index in [4.69, 9.17) is 21.1 Å². The van der Waals surface area contributed by atoms with E-state index in [9.17, 15) is 9.59 Å². The van der Waals surface area contributed by atoms with Crippen LogP contribution in [0.3, 0.4) is 0 Å². The molecule has 0 radical (unpaired) electrons. The molecule has 0 amide bonds. The van der Waals surface area contributed by atoms with Gasteiger partial charge in [0.2, 0.25) is 5.88 Å². The van der Waals surface area contributed by atoms with Gasteiger partial charge in [-0.15, -0.1) is 0 Å². The highest BCUT2D eigenvalue weighted by Crippen LogP contribution is 2.21. The molecular weight excluding hydrogens is 408 g/mol. The molecule has 3 aromatic rings. The van der Waals surface area contributed by atoms with Crippen LogP contribution in [0.2, 0.25) is 5.02 Å². The predicted molar refractivity (Wildman–Crippen MR) is 114 cm³/mol. The zero-order valence-corrected chi connectivity index (χ0v) is 17.3. The molecule has 0 saturated carbocycles. The summed E-state index contributed by atoms with van der Waals surface area (Å²) in [4.78, 5) is 29.1. The summed E-state index contributed by atoms with van der Waals surface area (Å²) in [6.45, 7) is 2.91. The van der Waals surface area contributed by atoms with Crippen LogP contribution in [0.15, 0.2) is 53.6 Å². The number of aromatic nitrogens is 3. The number of esters is 1. The number of para-hydroxylation sites is 1. The lowest BCUT2D eigenvalue weighted by Crippen LogP contribution is -2.24. The van der Waals surface area contributed by atoms with Crippen LogP contribution in [-0.4, -0.2) is 34.5 Å². The zero-order valence-electron chi connectivity index (χ0n) is 16.6. The predicted octanol–water partition coefficient (Wildman–Crippen LogP) is 3.47. The first-order chi connectivity index (χ1) is 14.6. The third-order valence-electron chi connectivity index (χ3n) is 4.22. The Bertz CT molecular complexity index is 1100. The molecule has 0 aliphatic heterocycles.